The van der Waals surface area contributed by atoms with Crippen molar-refractivity contribution >= 4 is 51.7 Å². The number of amides is 1. The van der Waals surface area contributed by atoms with Gasteiger partial charge in [0.2, 0.25) is 0 Å². The first kappa shape index (κ1) is 21.7. The largest absolute Gasteiger partial charge is 0.264 e. The Bertz CT molecular complexity index is 1220. The third-order valence-electron chi connectivity index (χ3n) is 3.96. The van der Waals surface area contributed by atoms with E-state index < -0.39 is 20.1 Å². The molecule has 4 aromatic rings. The Balaban J connectivity index is 0.000000171. The quantitative estimate of drug-likeness (QED) is 0.257. The number of rotatable bonds is 3. The number of carbonyl (C=O) groups is 1. The van der Waals surface area contributed by atoms with Gasteiger partial charge in [-0.1, -0.05) is 12.1 Å². The van der Waals surface area contributed by atoms with E-state index in [-0.39, 0.29) is 15.8 Å². The molecule has 0 saturated heterocycles. The van der Waals surface area contributed by atoms with Gasteiger partial charge in [0.25, 0.3) is 0 Å². The molecule has 0 bridgehead atoms. The first-order valence-electron chi connectivity index (χ1n) is 8.65. The number of aromatic nitrogens is 2. The van der Waals surface area contributed by atoms with Gasteiger partial charge in [-0.25, -0.2) is 4.98 Å². The minimum absolute atomic E-state index is 0.225. The minimum Gasteiger partial charge on any atom is -0.264 e. The molecule has 8 nitrogen and oxygen atoms in total. The van der Waals surface area contributed by atoms with Crippen molar-refractivity contribution in [1.82, 2.24) is 9.97 Å². The van der Waals surface area contributed by atoms with Crippen molar-refractivity contribution in [2.45, 2.75) is 6.92 Å². The van der Waals surface area contributed by atoms with Gasteiger partial charge in [0.05, 0.1) is 15.7 Å². The van der Waals surface area contributed by atoms with E-state index in [9.17, 15) is 13.6 Å². The van der Waals surface area contributed by atoms with Gasteiger partial charge in [0, 0.05) is 18.0 Å². The van der Waals surface area contributed by atoms with E-state index in [1.807, 2.05) is 17.8 Å². The molecule has 154 valence electrons. The van der Waals surface area contributed by atoms with Gasteiger partial charge in [0.1, 0.15) is 0 Å². The maximum atomic E-state index is 11.1. The number of benzene rings is 2. The van der Waals surface area contributed by atoms with Crippen LogP contribution in [0.2, 0.25) is 0 Å². The molecule has 0 aliphatic rings. The summed E-state index contributed by atoms with van der Waals surface area (Å²) in [6.45, 7) is 1.18. The number of hydrogen-bond donors (Lipinski definition) is 4. The number of anilines is 1. The Hall–Kier alpha value is -2.97. The van der Waals surface area contributed by atoms with Crippen LogP contribution in [0.15, 0.2) is 66.4 Å². The molecule has 4 rings (SSSR count). The van der Waals surface area contributed by atoms with Crippen molar-refractivity contribution in [2.24, 2.45) is 0 Å². The van der Waals surface area contributed by atoms with Crippen LogP contribution in [-0.4, -0.2) is 43.3 Å². The van der Waals surface area contributed by atoms with Crippen LogP contribution in [0.4, 0.5) is 5.69 Å². The second-order valence-electron chi connectivity index (χ2n) is 6.17. The predicted octanol–water partition coefficient (Wildman–Crippen LogP) is 2.27. The Morgan fingerprint density at radius 1 is 1.10 bits per heavy atom. The van der Waals surface area contributed by atoms with Gasteiger partial charge in [-0.2, -0.15) is 0 Å². The summed E-state index contributed by atoms with van der Waals surface area (Å²) in [5.74, 6) is -0.880. The number of nitrogens with one attached hydrogen (secondary N) is 1. The number of para-hydroxylation sites is 1. The molecule has 0 atom stereocenters. The van der Waals surface area contributed by atoms with Gasteiger partial charge in [-0.3, -0.25) is 4.98 Å². The number of nitrogens with zero attached hydrogens (tertiary/aromatic N) is 2. The van der Waals surface area contributed by atoms with Crippen molar-refractivity contribution in [3.63, 3.8) is 0 Å². The summed E-state index contributed by atoms with van der Waals surface area (Å²) in [5, 5.41) is 11.5. The summed E-state index contributed by atoms with van der Waals surface area (Å²) >= 11 is -3.48. The van der Waals surface area contributed by atoms with Crippen LogP contribution in [0.25, 0.3) is 21.3 Å². The first-order chi connectivity index (χ1) is 14.3. The summed E-state index contributed by atoms with van der Waals surface area (Å²) in [5.41, 5.74) is 5.00. The SMILES string of the molecule is CC(=O)Nc1c(O)cccc1[As](=O)(O)O.c1cncc(-c2ccc3scnc3c2)c1. The Morgan fingerprint density at radius 2 is 1.90 bits per heavy atom. The monoisotopic (exact) mass is 487 g/mol. The molecule has 0 radical (unpaired) electrons. The second-order valence-corrected chi connectivity index (χ2v) is 10.4. The second kappa shape index (κ2) is 9.23. The van der Waals surface area contributed by atoms with E-state index >= 15 is 0 Å². The van der Waals surface area contributed by atoms with Gasteiger partial charge < -0.3 is 0 Å². The number of thiazole rings is 1. The molecule has 2 aromatic heterocycles. The third-order valence-corrected chi connectivity index (χ3v) is 6.87. The number of carbonyl (C=O) groups excluding carboxylic acids is 1. The minimum atomic E-state index is -5.14. The first-order valence-corrected chi connectivity index (χ1v) is 12.9. The van der Waals surface area contributed by atoms with E-state index in [1.54, 1.807) is 17.5 Å². The summed E-state index contributed by atoms with van der Waals surface area (Å²) in [6.07, 6.45) is 3.65. The predicted molar refractivity (Wildman–Crippen MR) is 116 cm³/mol. The number of aromatic hydroxyl groups is 1. The number of fused-ring (bicyclic) bond motifs is 1. The van der Waals surface area contributed by atoms with E-state index in [0.717, 1.165) is 11.1 Å². The van der Waals surface area contributed by atoms with Crippen LogP contribution in [-0.2, 0) is 8.53 Å². The molecule has 10 heteroatoms. The summed E-state index contributed by atoms with van der Waals surface area (Å²) < 4.78 is 30.0. The average Bonchev–Trinajstić information content (AvgIpc) is 3.17. The fraction of sp³-hybridized carbons (Fsp3) is 0.0500. The molecule has 0 fully saturated rings. The van der Waals surface area contributed by atoms with Gasteiger partial charge >= 0.3 is 88.1 Å². The summed E-state index contributed by atoms with van der Waals surface area (Å²) in [7, 11) is 0. The number of pyridine rings is 1. The van der Waals surface area contributed by atoms with E-state index in [0.29, 0.717) is 0 Å². The van der Waals surface area contributed by atoms with E-state index in [4.69, 9.17) is 8.19 Å². The van der Waals surface area contributed by atoms with Gasteiger partial charge in [0.15, 0.2) is 0 Å². The van der Waals surface area contributed by atoms with Crippen molar-refractivity contribution in [3.05, 3.63) is 66.4 Å². The molecule has 30 heavy (non-hydrogen) atoms. The van der Waals surface area contributed by atoms with Crippen molar-refractivity contribution in [1.29, 1.82) is 0 Å². The Morgan fingerprint density at radius 3 is 2.57 bits per heavy atom. The number of hydrogen-bond acceptors (Lipinski definition) is 6. The molecule has 2 heterocycles. The molecule has 0 saturated carbocycles. The summed E-state index contributed by atoms with van der Waals surface area (Å²) in [6, 6.07) is 14.0. The molecule has 4 N–H and O–H groups in total. The summed E-state index contributed by atoms with van der Waals surface area (Å²) in [4.78, 5) is 19.2. The molecular weight excluding hydrogens is 469 g/mol. The fourth-order valence-electron chi connectivity index (χ4n) is 2.65. The van der Waals surface area contributed by atoms with Crippen LogP contribution >= 0.6 is 11.3 Å². The molecule has 1 amide bonds. The average molecular weight is 487 g/mol. The van der Waals surface area contributed by atoms with Crippen LogP contribution < -0.4 is 9.67 Å². The van der Waals surface area contributed by atoms with Crippen LogP contribution in [0.5, 0.6) is 5.75 Å². The Labute approximate surface area is 178 Å². The van der Waals surface area contributed by atoms with E-state index in [1.165, 1.54) is 35.4 Å². The van der Waals surface area contributed by atoms with E-state index in [2.05, 4.69) is 39.6 Å². The topological polar surface area (TPSA) is 133 Å². The standard InChI is InChI=1S/C12H8N2S.C8H10AsNO5/c1-2-10(7-13-5-1)9-3-4-12-11(6-9)14-8-15-12;1-5(11)10-8-6(9(13,14)15)3-2-4-7(8)12/h1-8H;2-4,12H,1H3,(H,10,11)(H2,13,14,15). The third kappa shape index (κ3) is 5.34. The van der Waals surface area contributed by atoms with Crippen molar-refractivity contribution in [3.8, 4) is 16.9 Å². The fourth-order valence-corrected chi connectivity index (χ4v) is 4.86. The molecule has 0 unspecified atom stereocenters. The molecule has 0 spiro atoms. The molecule has 0 aliphatic heterocycles. The van der Waals surface area contributed by atoms with Crippen LogP contribution in [0.3, 0.4) is 0 Å². The number of phenolic OH excluding ortho intramolecular Hbond substituents is 1. The molecule has 2 aromatic carbocycles. The molecule has 0 aliphatic carbocycles. The van der Waals surface area contributed by atoms with Gasteiger partial charge in [-0.15, -0.1) is 11.3 Å². The van der Waals surface area contributed by atoms with Crippen LogP contribution in [0.1, 0.15) is 6.92 Å². The smallest absolute Gasteiger partial charge is 0.0818 e. The van der Waals surface area contributed by atoms with Gasteiger partial charge in [-0.05, 0) is 23.8 Å². The van der Waals surface area contributed by atoms with Crippen molar-refractivity contribution < 1.29 is 21.8 Å². The zero-order valence-corrected chi connectivity index (χ0v) is 18.5. The zero-order chi connectivity index (χ0) is 21.7. The number of phenols is 1. The maximum Gasteiger partial charge on any atom is 0.0818 e. The van der Waals surface area contributed by atoms with Crippen molar-refractivity contribution in [2.75, 3.05) is 5.32 Å². The Kier molecular flexibility index (Phi) is 6.69. The normalized spacial score (nSPS) is 10.9. The van der Waals surface area contributed by atoms with Crippen LogP contribution in [0, 0.1) is 0 Å². The zero-order valence-electron chi connectivity index (χ0n) is 15.8. The molecular formula is C20H18AsN3O5S. The maximum absolute atomic E-state index is 11.1.